The van der Waals surface area contributed by atoms with Crippen LogP contribution in [-0.4, -0.2) is 35.1 Å². The zero-order valence-electron chi connectivity index (χ0n) is 15.7. The number of para-hydroxylation sites is 1. The molecule has 1 aliphatic rings. The molecule has 1 saturated heterocycles. The third kappa shape index (κ3) is 3.53. The highest BCUT2D eigenvalue weighted by Crippen LogP contribution is 2.35. The van der Waals surface area contributed by atoms with E-state index < -0.39 is 0 Å². The van der Waals surface area contributed by atoms with Gasteiger partial charge < -0.3 is 4.74 Å². The summed E-state index contributed by atoms with van der Waals surface area (Å²) in [4.78, 5) is 24.6. The van der Waals surface area contributed by atoms with E-state index in [1.807, 2.05) is 43.3 Å². The molecule has 3 heterocycles. The topological polar surface area (TPSA) is 55.3 Å². The molecule has 8 heteroatoms. The molecule has 0 radical (unpaired) electrons. The maximum atomic E-state index is 13.5. The van der Waals surface area contributed by atoms with Crippen molar-refractivity contribution in [1.82, 2.24) is 9.97 Å². The number of amides is 1. The number of benzene rings is 2. The van der Waals surface area contributed by atoms with Crippen LogP contribution in [-0.2, 0) is 4.74 Å². The van der Waals surface area contributed by atoms with Crippen molar-refractivity contribution >= 4 is 65.7 Å². The lowest BCUT2D eigenvalue weighted by atomic mass is 10.2. The summed E-state index contributed by atoms with van der Waals surface area (Å²) in [6.07, 6.45) is 1.98. The Bertz CT molecular complexity index is 1180. The Balaban J connectivity index is 1.57. The van der Waals surface area contributed by atoms with E-state index in [1.54, 1.807) is 4.90 Å². The number of fused-ring (bicyclic) bond motifs is 2. The fraction of sp³-hybridized carbons (Fsp3) is 0.286. The molecule has 1 atom stereocenters. The number of halogens is 1. The van der Waals surface area contributed by atoms with Crippen LogP contribution in [0.25, 0.3) is 20.4 Å². The standard InChI is InChI=1S/C21H18ClN3O2S2/c1-12-14(22)8-9-17-18(12)24-21(29-17)25(11-13-5-4-10-27-13)20(26)19-23-15-6-2-3-7-16(15)28-19/h2-3,6-9,13H,4-5,10-11H2,1H3. The van der Waals surface area contributed by atoms with Crippen molar-refractivity contribution in [2.75, 3.05) is 18.1 Å². The molecule has 0 N–H and O–H groups in total. The average molecular weight is 444 g/mol. The minimum absolute atomic E-state index is 0.0185. The number of carbonyl (C=O) groups is 1. The molecule has 0 bridgehead atoms. The Morgan fingerprint density at radius 3 is 2.86 bits per heavy atom. The van der Waals surface area contributed by atoms with Gasteiger partial charge in [0.1, 0.15) is 0 Å². The zero-order valence-corrected chi connectivity index (χ0v) is 18.1. The minimum Gasteiger partial charge on any atom is -0.376 e. The highest BCUT2D eigenvalue weighted by atomic mass is 35.5. The normalized spacial score (nSPS) is 16.7. The van der Waals surface area contributed by atoms with E-state index in [2.05, 4.69) is 4.98 Å². The largest absolute Gasteiger partial charge is 0.376 e. The number of anilines is 1. The molecule has 2 aromatic carbocycles. The summed E-state index contributed by atoms with van der Waals surface area (Å²) >= 11 is 9.18. The van der Waals surface area contributed by atoms with Gasteiger partial charge in [0.25, 0.3) is 5.91 Å². The monoisotopic (exact) mass is 443 g/mol. The molecule has 1 amide bonds. The third-order valence-corrected chi connectivity index (χ3v) is 7.58. The molecular formula is C21H18ClN3O2S2. The Hall–Kier alpha value is -2.06. The molecule has 0 spiro atoms. The van der Waals surface area contributed by atoms with Gasteiger partial charge in [-0.05, 0) is 49.6 Å². The SMILES string of the molecule is Cc1c(Cl)ccc2sc(N(CC3CCCO3)C(=O)c3nc4ccccc4s3)nc12. The highest BCUT2D eigenvalue weighted by Gasteiger charge is 2.29. The Labute approximate surface area is 180 Å². The Morgan fingerprint density at radius 2 is 2.07 bits per heavy atom. The van der Waals surface area contributed by atoms with E-state index in [9.17, 15) is 4.79 Å². The molecule has 2 aromatic heterocycles. The van der Waals surface area contributed by atoms with Crippen LogP contribution in [0.2, 0.25) is 5.02 Å². The van der Waals surface area contributed by atoms with Gasteiger partial charge in [-0.25, -0.2) is 9.97 Å². The van der Waals surface area contributed by atoms with Gasteiger partial charge in [-0.1, -0.05) is 35.1 Å². The third-order valence-electron chi connectivity index (χ3n) is 5.10. The molecule has 0 saturated carbocycles. The molecule has 5 nitrogen and oxygen atoms in total. The summed E-state index contributed by atoms with van der Waals surface area (Å²) in [7, 11) is 0. The van der Waals surface area contributed by atoms with Gasteiger partial charge in [0.05, 0.1) is 33.1 Å². The van der Waals surface area contributed by atoms with Gasteiger partial charge in [-0.15, -0.1) is 11.3 Å². The van der Waals surface area contributed by atoms with E-state index in [-0.39, 0.29) is 12.0 Å². The van der Waals surface area contributed by atoms with Crippen LogP contribution in [0.4, 0.5) is 5.13 Å². The first-order valence-corrected chi connectivity index (χ1v) is 11.5. The van der Waals surface area contributed by atoms with Crippen molar-refractivity contribution in [3.63, 3.8) is 0 Å². The summed E-state index contributed by atoms with van der Waals surface area (Å²) in [5.41, 5.74) is 2.60. The van der Waals surface area contributed by atoms with Crippen molar-refractivity contribution in [3.8, 4) is 0 Å². The number of nitrogens with zero attached hydrogens (tertiary/aromatic N) is 3. The second-order valence-corrected chi connectivity index (χ2v) is 9.50. The molecule has 1 aliphatic heterocycles. The van der Waals surface area contributed by atoms with Crippen LogP contribution in [0.5, 0.6) is 0 Å². The quantitative estimate of drug-likeness (QED) is 0.406. The van der Waals surface area contributed by atoms with Gasteiger partial charge in [0.15, 0.2) is 10.1 Å². The predicted molar refractivity (Wildman–Crippen MR) is 120 cm³/mol. The first-order valence-electron chi connectivity index (χ1n) is 9.45. The predicted octanol–water partition coefficient (Wildman–Crippen LogP) is 5.69. The van der Waals surface area contributed by atoms with Crippen LogP contribution in [0.3, 0.4) is 0 Å². The second kappa shape index (κ2) is 7.65. The van der Waals surface area contributed by atoms with Crippen molar-refractivity contribution in [2.45, 2.75) is 25.9 Å². The summed E-state index contributed by atoms with van der Waals surface area (Å²) in [6.45, 7) is 3.16. The lowest BCUT2D eigenvalue weighted by Crippen LogP contribution is -2.37. The number of carbonyl (C=O) groups excluding carboxylic acids is 1. The maximum absolute atomic E-state index is 13.5. The lowest BCUT2D eigenvalue weighted by Gasteiger charge is -2.22. The Kier molecular flexibility index (Phi) is 4.99. The van der Waals surface area contributed by atoms with E-state index in [4.69, 9.17) is 21.3 Å². The first-order chi connectivity index (χ1) is 14.1. The van der Waals surface area contributed by atoms with E-state index in [0.29, 0.717) is 21.7 Å². The molecule has 1 unspecified atom stereocenters. The smallest absolute Gasteiger partial charge is 0.289 e. The van der Waals surface area contributed by atoms with Gasteiger partial charge in [-0.2, -0.15) is 0 Å². The molecule has 5 rings (SSSR count). The summed E-state index contributed by atoms with van der Waals surface area (Å²) in [5, 5.41) is 1.81. The van der Waals surface area contributed by atoms with Crippen molar-refractivity contribution in [3.05, 3.63) is 52.0 Å². The summed E-state index contributed by atoms with van der Waals surface area (Å²) < 4.78 is 7.82. The number of hydrogen-bond donors (Lipinski definition) is 0. The van der Waals surface area contributed by atoms with Gasteiger partial charge in [0, 0.05) is 11.6 Å². The van der Waals surface area contributed by atoms with Gasteiger partial charge in [0.2, 0.25) is 0 Å². The fourth-order valence-corrected chi connectivity index (χ4v) is 5.62. The van der Waals surface area contributed by atoms with Crippen molar-refractivity contribution in [2.24, 2.45) is 0 Å². The van der Waals surface area contributed by atoms with Crippen molar-refractivity contribution < 1.29 is 9.53 Å². The molecular weight excluding hydrogens is 426 g/mol. The lowest BCUT2D eigenvalue weighted by molar-refractivity contribution is 0.0917. The van der Waals surface area contributed by atoms with Crippen LogP contribution < -0.4 is 4.90 Å². The minimum atomic E-state index is -0.135. The number of ether oxygens (including phenoxy) is 1. The summed E-state index contributed by atoms with van der Waals surface area (Å²) in [5.74, 6) is -0.135. The van der Waals surface area contributed by atoms with Crippen LogP contribution in [0.15, 0.2) is 36.4 Å². The van der Waals surface area contributed by atoms with Crippen molar-refractivity contribution in [1.29, 1.82) is 0 Å². The molecule has 0 aliphatic carbocycles. The molecule has 4 aromatic rings. The zero-order chi connectivity index (χ0) is 20.0. The molecule has 1 fully saturated rings. The average Bonchev–Trinajstić information content (AvgIpc) is 3.47. The second-order valence-electron chi connectivity index (χ2n) is 7.05. The Morgan fingerprint density at radius 1 is 1.21 bits per heavy atom. The fourth-order valence-electron chi connectivity index (χ4n) is 3.52. The number of hydrogen-bond acceptors (Lipinski definition) is 6. The number of thiazole rings is 2. The van der Waals surface area contributed by atoms with Crippen LogP contribution in [0, 0.1) is 6.92 Å². The summed E-state index contributed by atoms with van der Waals surface area (Å²) in [6, 6.07) is 11.6. The van der Waals surface area contributed by atoms with E-state index in [1.165, 1.54) is 22.7 Å². The van der Waals surface area contributed by atoms with Gasteiger partial charge in [-0.3, -0.25) is 9.69 Å². The van der Waals surface area contributed by atoms with E-state index in [0.717, 1.165) is 45.4 Å². The number of aromatic nitrogens is 2. The van der Waals surface area contributed by atoms with Gasteiger partial charge >= 0.3 is 0 Å². The van der Waals surface area contributed by atoms with Crippen LogP contribution >= 0.6 is 34.3 Å². The maximum Gasteiger partial charge on any atom is 0.289 e. The first kappa shape index (κ1) is 18.9. The van der Waals surface area contributed by atoms with Crippen LogP contribution in [0.1, 0.15) is 28.2 Å². The van der Waals surface area contributed by atoms with E-state index >= 15 is 0 Å². The number of rotatable bonds is 4. The molecule has 29 heavy (non-hydrogen) atoms. The molecule has 148 valence electrons. The number of aryl methyl sites for hydroxylation is 1. The highest BCUT2D eigenvalue weighted by molar-refractivity contribution is 7.23.